The van der Waals surface area contributed by atoms with E-state index < -0.39 is 0 Å². The fourth-order valence-electron chi connectivity index (χ4n) is 5.11. The molecule has 0 bridgehead atoms. The van der Waals surface area contributed by atoms with Crippen molar-refractivity contribution >= 4 is 11.8 Å². The zero-order valence-electron chi connectivity index (χ0n) is 15.9. The number of amides is 2. The van der Waals surface area contributed by atoms with Gasteiger partial charge in [-0.25, -0.2) is 4.39 Å². The fraction of sp³-hybridized carbons (Fsp3) is 0.636. The van der Waals surface area contributed by atoms with Crippen LogP contribution in [0.2, 0.25) is 0 Å². The molecule has 2 atom stereocenters. The minimum atomic E-state index is -0.231. The number of nitrogens with zero attached hydrogens (tertiary/aromatic N) is 2. The lowest BCUT2D eigenvalue weighted by Gasteiger charge is -2.32. The van der Waals surface area contributed by atoms with Crippen molar-refractivity contribution in [2.45, 2.75) is 69.9 Å². The van der Waals surface area contributed by atoms with E-state index >= 15 is 0 Å². The fourth-order valence-corrected chi connectivity index (χ4v) is 5.11. The quantitative estimate of drug-likeness (QED) is 0.811. The summed E-state index contributed by atoms with van der Waals surface area (Å²) >= 11 is 0. The smallest absolute Gasteiger partial charge is 0.228 e. The molecule has 3 aliphatic rings. The summed E-state index contributed by atoms with van der Waals surface area (Å²) in [4.78, 5) is 29.7. The van der Waals surface area contributed by atoms with E-state index in [-0.39, 0.29) is 29.6 Å². The van der Waals surface area contributed by atoms with Crippen molar-refractivity contribution in [1.29, 1.82) is 0 Å². The van der Waals surface area contributed by atoms with E-state index in [4.69, 9.17) is 0 Å². The van der Waals surface area contributed by atoms with Gasteiger partial charge in [-0.3, -0.25) is 9.59 Å². The van der Waals surface area contributed by atoms with Gasteiger partial charge in [-0.2, -0.15) is 0 Å². The van der Waals surface area contributed by atoms with E-state index in [0.29, 0.717) is 19.0 Å². The van der Waals surface area contributed by atoms with E-state index in [1.165, 1.54) is 31.4 Å². The van der Waals surface area contributed by atoms with E-state index in [0.717, 1.165) is 44.2 Å². The first-order valence-electron chi connectivity index (χ1n) is 10.5. The third kappa shape index (κ3) is 4.02. The maximum Gasteiger partial charge on any atom is 0.228 e. The van der Waals surface area contributed by atoms with Crippen molar-refractivity contribution in [2.75, 3.05) is 13.1 Å². The normalized spacial score (nSPS) is 26.8. The Balaban J connectivity index is 1.39. The van der Waals surface area contributed by atoms with Gasteiger partial charge in [0.15, 0.2) is 0 Å². The summed E-state index contributed by atoms with van der Waals surface area (Å²) in [6, 6.07) is 7.09. The van der Waals surface area contributed by atoms with Crippen molar-refractivity contribution in [1.82, 2.24) is 9.80 Å². The second-order valence-corrected chi connectivity index (χ2v) is 8.40. The van der Waals surface area contributed by atoms with Crippen molar-refractivity contribution in [2.24, 2.45) is 5.92 Å². The van der Waals surface area contributed by atoms with Crippen LogP contribution in [0.25, 0.3) is 0 Å². The van der Waals surface area contributed by atoms with Crippen LogP contribution < -0.4 is 0 Å². The van der Waals surface area contributed by atoms with Gasteiger partial charge in [0.1, 0.15) is 5.82 Å². The molecule has 1 aromatic rings. The highest BCUT2D eigenvalue weighted by Crippen LogP contribution is 2.31. The van der Waals surface area contributed by atoms with Gasteiger partial charge >= 0.3 is 0 Å². The van der Waals surface area contributed by atoms with Gasteiger partial charge in [0.25, 0.3) is 0 Å². The first kappa shape index (κ1) is 18.5. The van der Waals surface area contributed by atoms with Crippen LogP contribution in [-0.2, 0) is 16.0 Å². The molecule has 2 saturated heterocycles. The molecule has 3 fully saturated rings. The predicted octanol–water partition coefficient (Wildman–Crippen LogP) is 3.54. The lowest BCUT2D eigenvalue weighted by atomic mass is 9.94. The second kappa shape index (κ2) is 7.99. The Morgan fingerprint density at radius 2 is 1.78 bits per heavy atom. The lowest BCUT2D eigenvalue weighted by molar-refractivity contribution is -0.136. The number of carbonyl (C=O) groups is 2. The molecule has 4 rings (SSSR count). The van der Waals surface area contributed by atoms with Gasteiger partial charge in [-0.15, -0.1) is 0 Å². The molecule has 2 unspecified atom stereocenters. The minimum absolute atomic E-state index is 0.145. The Kier molecular flexibility index (Phi) is 5.46. The van der Waals surface area contributed by atoms with Crippen LogP contribution in [0.1, 0.15) is 56.9 Å². The van der Waals surface area contributed by atoms with Crippen LogP contribution in [0.5, 0.6) is 0 Å². The highest BCUT2D eigenvalue weighted by molar-refractivity contribution is 5.89. The Morgan fingerprint density at radius 1 is 1.04 bits per heavy atom. The lowest BCUT2D eigenvalue weighted by Crippen LogP contribution is -2.42. The molecular formula is C22H29FN2O2. The van der Waals surface area contributed by atoms with Crippen LogP contribution in [0.3, 0.4) is 0 Å². The van der Waals surface area contributed by atoms with Crippen molar-refractivity contribution < 1.29 is 14.0 Å². The van der Waals surface area contributed by atoms with Crippen molar-refractivity contribution in [3.05, 3.63) is 35.6 Å². The summed E-state index contributed by atoms with van der Waals surface area (Å²) < 4.78 is 13.1. The minimum Gasteiger partial charge on any atom is -0.339 e. The second-order valence-electron chi connectivity index (χ2n) is 8.40. The molecule has 5 heteroatoms. The zero-order valence-corrected chi connectivity index (χ0v) is 15.9. The molecule has 2 heterocycles. The number of carbonyl (C=O) groups excluding carboxylic acids is 2. The average molecular weight is 372 g/mol. The number of hydrogen-bond acceptors (Lipinski definition) is 2. The number of hydrogen-bond donors (Lipinski definition) is 0. The summed E-state index contributed by atoms with van der Waals surface area (Å²) in [6.07, 6.45) is 8.94. The Labute approximate surface area is 160 Å². The standard InChI is InChI=1S/C22H29FN2O2/c23-18-10-8-16(9-11-18)13-20-7-4-12-24(20)22(27)17-14-21(26)25(15-17)19-5-2-1-3-6-19/h8-11,17,19-20H,1-7,12-15H2. The number of benzene rings is 1. The molecule has 0 N–H and O–H groups in total. The zero-order chi connectivity index (χ0) is 18.8. The molecule has 0 aromatic heterocycles. The van der Waals surface area contributed by atoms with Gasteiger partial charge in [0.2, 0.25) is 11.8 Å². The molecule has 0 spiro atoms. The highest BCUT2D eigenvalue weighted by Gasteiger charge is 2.41. The molecule has 1 saturated carbocycles. The summed E-state index contributed by atoms with van der Waals surface area (Å²) in [7, 11) is 0. The van der Waals surface area contributed by atoms with Crippen LogP contribution in [0.4, 0.5) is 4.39 Å². The third-order valence-corrected chi connectivity index (χ3v) is 6.57. The maximum absolute atomic E-state index is 13.2. The Bertz CT molecular complexity index is 684. The van der Waals surface area contributed by atoms with Gasteiger partial charge < -0.3 is 9.80 Å². The maximum atomic E-state index is 13.2. The van der Waals surface area contributed by atoms with Crippen LogP contribution in [-0.4, -0.2) is 46.8 Å². The van der Waals surface area contributed by atoms with Gasteiger partial charge in [0, 0.05) is 31.6 Å². The summed E-state index contributed by atoms with van der Waals surface area (Å²) in [5.74, 6) is -0.112. The molecule has 27 heavy (non-hydrogen) atoms. The predicted molar refractivity (Wildman–Crippen MR) is 102 cm³/mol. The molecular weight excluding hydrogens is 343 g/mol. The summed E-state index contributed by atoms with van der Waals surface area (Å²) in [6.45, 7) is 1.38. The highest BCUT2D eigenvalue weighted by atomic mass is 19.1. The van der Waals surface area contributed by atoms with E-state index in [1.54, 1.807) is 12.1 Å². The van der Waals surface area contributed by atoms with Gasteiger partial charge in [-0.05, 0) is 49.8 Å². The molecule has 0 radical (unpaired) electrons. The number of halogens is 1. The van der Waals surface area contributed by atoms with E-state index in [9.17, 15) is 14.0 Å². The summed E-state index contributed by atoms with van der Waals surface area (Å²) in [5.41, 5.74) is 1.06. The third-order valence-electron chi connectivity index (χ3n) is 6.57. The average Bonchev–Trinajstić information content (AvgIpc) is 3.30. The Hall–Kier alpha value is -1.91. The monoisotopic (exact) mass is 372 g/mol. The van der Waals surface area contributed by atoms with Crippen LogP contribution >= 0.6 is 0 Å². The van der Waals surface area contributed by atoms with E-state index in [1.807, 2.05) is 9.80 Å². The van der Waals surface area contributed by atoms with Crippen molar-refractivity contribution in [3.8, 4) is 0 Å². The van der Waals surface area contributed by atoms with Gasteiger partial charge in [-0.1, -0.05) is 31.4 Å². The number of rotatable bonds is 4. The molecule has 1 aromatic carbocycles. The number of likely N-dealkylation sites (tertiary alicyclic amines) is 2. The Morgan fingerprint density at radius 3 is 2.52 bits per heavy atom. The molecule has 4 nitrogen and oxygen atoms in total. The molecule has 1 aliphatic carbocycles. The largest absolute Gasteiger partial charge is 0.339 e. The van der Waals surface area contributed by atoms with Gasteiger partial charge in [0.05, 0.1) is 5.92 Å². The summed E-state index contributed by atoms with van der Waals surface area (Å²) in [5, 5.41) is 0. The first-order valence-corrected chi connectivity index (χ1v) is 10.5. The van der Waals surface area contributed by atoms with Crippen LogP contribution in [0, 0.1) is 11.7 Å². The topological polar surface area (TPSA) is 40.6 Å². The van der Waals surface area contributed by atoms with Crippen molar-refractivity contribution in [3.63, 3.8) is 0 Å². The first-order chi connectivity index (χ1) is 13.1. The SMILES string of the molecule is O=C1CC(C(=O)N2CCCC2Cc2ccc(F)cc2)CN1C1CCCCC1. The molecule has 2 amide bonds. The molecule has 146 valence electrons. The molecule has 2 aliphatic heterocycles. The van der Waals surface area contributed by atoms with Crippen LogP contribution in [0.15, 0.2) is 24.3 Å². The van der Waals surface area contributed by atoms with E-state index in [2.05, 4.69) is 0 Å².